The van der Waals surface area contributed by atoms with Gasteiger partial charge in [0.1, 0.15) is 0 Å². The van der Waals surface area contributed by atoms with E-state index in [1.165, 1.54) is 17.8 Å². The van der Waals surface area contributed by atoms with Crippen LogP contribution in [0, 0.1) is 5.92 Å². The number of nitrogens with zero attached hydrogens (tertiary/aromatic N) is 4. The molecule has 1 unspecified atom stereocenters. The summed E-state index contributed by atoms with van der Waals surface area (Å²) in [5.74, 6) is 2.39. The fourth-order valence-electron chi connectivity index (χ4n) is 5.17. The van der Waals surface area contributed by atoms with Crippen molar-refractivity contribution in [3.63, 3.8) is 0 Å². The van der Waals surface area contributed by atoms with Gasteiger partial charge in [0.05, 0.1) is 0 Å². The number of pyridine rings is 1. The summed E-state index contributed by atoms with van der Waals surface area (Å²) in [6, 6.07) is 6.72. The quantitative estimate of drug-likeness (QED) is 0.757. The second-order valence-corrected chi connectivity index (χ2v) is 8.77. The molecule has 3 aliphatic rings. The van der Waals surface area contributed by atoms with E-state index in [2.05, 4.69) is 35.1 Å². The topological polar surface area (TPSA) is 71.0 Å². The van der Waals surface area contributed by atoms with E-state index < -0.39 is 0 Å². The van der Waals surface area contributed by atoms with Crippen molar-refractivity contribution in [1.29, 1.82) is 0 Å². The molecule has 0 radical (unpaired) electrons. The van der Waals surface area contributed by atoms with Crippen LogP contribution in [0.3, 0.4) is 0 Å². The van der Waals surface area contributed by atoms with Crippen molar-refractivity contribution in [1.82, 2.24) is 25.2 Å². The van der Waals surface area contributed by atoms with E-state index in [4.69, 9.17) is 9.97 Å². The van der Waals surface area contributed by atoms with E-state index in [9.17, 15) is 4.79 Å². The first-order chi connectivity index (χ1) is 14.6. The minimum absolute atomic E-state index is 0.0572. The summed E-state index contributed by atoms with van der Waals surface area (Å²) in [6.45, 7) is 8.97. The summed E-state index contributed by atoms with van der Waals surface area (Å²) < 4.78 is 0. The second-order valence-electron chi connectivity index (χ2n) is 8.77. The van der Waals surface area contributed by atoms with Gasteiger partial charge in [-0.2, -0.15) is 0 Å². The minimum atomic E-state index is 0.0572. The lowest BCUT2D eigenvalue weighted by Gasteiger charge is -2.49. The maximum Gasteiger partial charge on any atom is 0.216 e. The maximum absolute atomic E-state index is 11.4. The Labute approximate surface area is 179 Å². The van der Waals surface area contributed by atoms with Crippen LogP contribution in [0.1, 0.15) is 69.7 Å². The number of rotatable bonds is 7. The SMILES string of the molecule is CCC(CC)c1cc([C@@H]2CN3CC[C@H]2C[C@@H]3CNC(C)=O)nc(-c2ccncc2)n1. The van der Waals surface area contributed by atoms with E-state index in [-0.39, 0.29) is 5.91 Å². The Morgan fingerprint density at radius 2 is 2.00 bits per heavy atom. The smallest absolute Gasteiger partial charge is 0.216 e. The Morgan fingerprint density at radius 1 is 1.23 bits per heavy atom. The van der Waals surface area contributed by atoms with Crippen molar-refractivity contribution < 1.29 is 4.79 Å². The van der Waals surface area contributed by atoms with E-state index in [1.54, 1.807) is 6.92 Å². The van der Waals surface area contributed by atoms with Crippen LogP contribution in [-0.2, 0) is 4.79 Å². The zero-order valence-electron chi connectivity index (χ0n) is 18.3. The minimum Gasteiger partial charge on any atom is -0.355 e. The molecule has 6 nitrogen and oxygen atoms in total. The molecule has 2 bridgehead atoms. The highest BCUT2D eigenvalue weighted by molar-refractivity contribution is 5.72. The van der Waals surface area contributed by atoms with Gasteiger partial charge >= 0.3 is 0 Å². The molecular formula is C24H33N5O. The Hall–Kier alpha value is -2.34. The third-order valence-electron chi connectivity index (χ3n) is 6.95. The largest absolute Gasteiger partial charge is 0.355 e. The summed E-state index contributed by atoms with van der Waals surface area (Å²) in [5.41, 5.74) is 3.39. The highest BCUT2D eigenvalue weighted by Gasteiger charge is 2.41. The van der Waals surface area contributed by atoms with Crippen molar-refractivity contribution in [3.05, 3.63) is 42.0 Å². The lowest BCUT2D eigenvalue weighted by Crippen LogP contribution is -2.56. The number of carbonyl (C=O) groups excluding carboxylic acids is 1. The fourth-order valence-corrected chi connectivity index (χ4v) is 5.17. The van der Waals surface area contributed by atoms with Gasteiger partial charge in [0.2, 0.25) is 5.91 Å². The van der Waals surface area contributed by atoms with Crippen LogP contribution >= 0.6 is 0 Å². The molecule has 6 heteroatoms. The van der Waals surface area contributed by atoms with Crippen molar-refractivity contribution in [2.75, 3.05) is 19.6 Å². The number of nitrogens with one attached hydrogen (secondary N) is 1. The fraction of sp³-hybridized carbons (Fsp3) is 0.583. The molecule has 0 aromatic carbocycles. The predicted octanol–water partition coefficient (Wildman–Crippen LogP) is 3.76. The maximum atomic E-state index is 11.4. The average Bonchev–Trinajstić information content (AvgIpc) is 2.79. The standard InChI is InChI=1S/C24H33N5O/c1-4-17(5-2)22-13-23(28-24(27-22)18-6-9-25-10-7-18)21-15-29-11-8-19(21)12-20(29)14-26-16(3)30/h6-7,9-10,13,17,19-21H,4-5,8,11-12,14-15H2,1-3H3,(H,26,30)/t19-,20+,21+/m0/s1. The first-order valence-corrected chi connectivity index (χ1v) is 11.4. The Kier molecular flexibility index (Phi) is 6.42. The van der Waals surface area contributed by atoms with E-state index in [0.717, 1.165) is 50.3 Å². The molecule has 1 amide bonds. The molecule has 0 spiro atoms. The predicted molar refractivity (Wildman–Crippen MR) is 118 cm³/mol. The summed E-state index contributed by atoms with van der Waals surface area (Å²) in [7, 11) is 0. The van der Waals surface area contributed by atoms with Crippen LogP contribution < -0.4 is 5.32 Å². The molecule has 2 aromatic rings. The average molecular weight is 408 g/mol. The number of aromatic nitrogens is 3. The molecule has 3 fully saturated rings. The van der Waals surface area contributed by atoms with Crippen molar-refractivity contribution >= 4 is 5.91 Å². The number of carbonyl (C=O) groups is 1. The van der Waals surface area contributed by atoms with E-state index in [1.807, 2.05) is 24.5 Å². The number of hydrogen-bond donors (Lipinski definition) is 1. The first kappa shape index (κ1) is 20.9. The molecule has 2 aromatic heterocycles. The van der Waals surface area contributed by atoms with Crippen LogP contribution in [0.2, 0.25) is 0 Å². The van der Waals surface area contributed by atoms with Crippen LogP contribution in [0.15, 0.2) is 30.6 Å². The van der Waals surface area contributed by atoms with E-state index >= 15 is 0 Å². The molecule has 30 heavy (non-hydrogen) atoms. The van der Waals surface area contributed by atoms with Crippen LogP contribution in [0.5, 0.6) is 0 Å². The molecule has 3 aliphatic heterocycles. The summed E-state index contributed by atoms with van der Waals surface area (Å²) >= 11 is 0. The third-order valence-corrected chi connectivity index (χ3v) is 6.95. The molecule has 1 N–H and O–H groups in total. The Bertz CT molecular complexity index is 867. The molecule has 5 heterocycles. The molecule has 3 saturated heterocycles. The number of hydrogen-bond acceptors (Lipinski definition) is 5. The highest BCUT2D eigenvalue weighted by atomic mass is 16.1. The zero-order valence-corrected chi connectivity index (χ0v) is 18.3. The molecule has 160 valence electrons. The van der Waals surface area contributed by atoms with Gasteiger partial charge in [-0.3, -0.25) is 14.7 Å². The molecule has 5 rings (SSSR count). The van der Waals surface area contributed by atoms with Gasteiger partial charge in [-0.1, -0.05) is 13.8 Å². The molecule has 4 atom stereocenters. The summed E-state index contributed by atoms with van der Waals surface area (Å²) in [5, 5.41) is 3.01. The van der Waals surface area contributed by atoms with Gasteiger partial charge in [0.25, 0.3) is 0 Å². The lowest BCUT2D eigenvalue weighted by molar-refractivity contribution is -0.119. The molecular weight excluding hydrogens is 374 g/mol. The van der Waals surface area contributed by atoms with Crippen LogP contribution in [0.25, 0.3) is 11.4 Å². The van der Waals surface area contributed by atoms with Gasteiger partial charge in [-0.25, -0.2) is 9.97 Å². The number of fused-ring (bicyclic) bond motifs is 3. The third kappa shape index (κ3) is 4.38. The van der Waals surface area contributed by atoms with Crippen molar-refractivity contribution in [2.24, 2.45) is 5.92 Å². The Morgan fingerprint density at radius 3 is 2.63 bits per heavy atom. The van der Waals surface area contributed by atoms with E-state index in [0.29, 0.717) is 23.8 Å². The number of amides is 1. The first-order valence-electron chi connectivity index (χ1n) is 11.4. The van der Waals surface area contributed by atoms with Gasteiger partial charge in [0.15, 0.2) is 5.82 Å². The second kappa shape index (κ2) is 9.21. The van der Waals surface area contributed by atoms with Gasteiger partial charge in [-0.05, 0) is 56.3 Å². The summed E-state index contributed by atoms with van der Waals surface area (Å²) in [4.78, 5) is 28.1. The molecule has 0 saturated carbocycles. The molecule has 0 aliphatic carbocycles. The van der Waals surface area contributed by atoms with Crippen molar-refractivity contribution in [3.8, 4) is 11.4 Å². The number of piperidine rings is 3. The van der Waals surface area contributed by atoms with Crippen LogP contribution in [-0.4, -0.2) is 51.4 Å². The zero-order chi connectivity index (χ0) is 21.1. The van der Waals surface area contributed by atoms with Gasteiger partial charge in [0, 0.05) is 67.2 Å². The van der Waals surface area contributed by atoms with Gasteiger partial charge < -0.3 is 5.32 Å². The van der Waals surface area contributed by atoms with Gasteiger partial charge in [-0.15, -0.1) is 0 Å². The Balaban J connectivity index is 1.64. The highest BCUT2D eigenvalue weighted by Crippen LogP contribution is 2.42. The van der Waals surface area contributed by atoms with Crippen molar-refractivity contribution in [2.45, 2.75) is 64.3 Å². The monoisotopic (exact) mass is 407 g/mol. The summed E-state index contributed by atoms with van der Waals surface area (Å²) in [6.07, 6.45) is 8.12. The van der Waals surface area contributed by atoms with Crippen LogP contribution in [0.4, 0.5) is 0 Å². The lowest BCUT2D eigenvalue weighted by atomic mass is 9.74. The normalized spacial score (nSPS) is 25.5.